The monoisotopic (exact) mass is 326 g/mol. The maximum Gasteiger partial charge on any atom is 0.292 e. The topological polar surface area (TPSA) is 87.2 Å². The van der Waals surface area contributed by atoms with Crippen molar-refractivity contribution in [2.45, 2.75) is 0 Å². The number of halogens is 1. The molecule has 7 heteroatoms. The molecule has 0 aliphatic rings. The largest absolute Gasteiger partial charge is 0.292 e. The fraction of sp³-hybridized carbons (Fsp3) is 0. The number of nitrogens with one attached hydrogen (secondary N) is 2. The minimum Gasteiger partial charge on any atom is -0.267 e. The molecule has 1 aromatic heterocycles. The van der Waals surface area contributed by atoms with Gasteiger partial charge in [-0.25, -0.2) is 10.5 Å². The van der Waals surface area contributed by atoms with Crippen LogP contribution in [0.2, 0.25) is 5.02 Å². The lowest BCUT2D eigenvalue weighted by atomic mass is 10.1. The average molecular weight is 327 g/mol. The number of hydrogen-bond donors (Lipinski definition) is 2. The third kappa shape index (κ3) is 3.12. The highest BCUT2D eigenvalue weighted by atomic mass is 35.5. The summed E-state index contributed by atoms with van der Waals surface area (Å²) in [5.41, 5.74) is 2.79. The highest BCUT2D eigenvalue weighted by molar-refractivity contribution is 6.33. The smallest absolute Gasteiger partial charge is 0.267 e. The van der Waals surface area contributed by atoms with E-state index in [0.717, 1.165) is 0 Å². The number of amides is 1. The minimum atomic E-state index is -0.527. The zero-order valence-electron chi connectivity index (χ0n) is 11.8. The standard InChI is InChI=1S/C16H11ClN4O2/c17-13-8-4-1-5-10(13)9-18-20-16(23)14-11-6-2-3-7-12(11)15(22)21-19-14/h1-9H,(H,20,23)(H,21,22)/b18-9-. The fourth-order valence-corrected chi connectivity index (χ4v) is 2.27. The van der Waals surface area contributed by atoms with E-state index >= 15 is 0 Å². The summed E-state index contributed by atoms with van der Waals surface area (Å²) in [6.45, 7) is 0. The molecule has 0 unspecified atom stereocenters. The van der Waals surface area contributed by atoms with Gasteiger partial charge in [0.25, 0.3) is 11.5 Å². The molecular formula is C16H11ClN4O2. The third-order valence-corrected chi connectivity index (χ3v) is 3.53. The Morgan fingerprint density at radius 2 is 1.83 bits per heavy atom. The first kappa shape index (κ1) is 14.9. The number of benzene rings is 2. The van der Waals surface area contributed by atoms with Crippen LogP contribution in [0.4, 0.5) is 0 Å². The lowest BCUT2D eigenvalue weighted by molar-refractivity contribution is 0.0951. The molecule has 0 saturated heterocycles. The Kier molecular flexibility index (Phi) is 4.16. The van der Waals surface area contributed by atoms with Crippen molar-refractivity contribution in [1.29, 1.82) is 0 Å². The second-order valence-electron chi connectivity index (χ2n) is 4.67. The zero-order chi connectivity index (χ0) is 16.2. The van der Waals surface area contributed by atoms with Crippen molar-refractivity contribution in [3.8, 4) is 0 Å². The van der Waals surface area contributed by atoms with E-state index in [4.69, 9.17) is 11.6 Å². The summed E-state index contributed by atoms with van der Waals surface area (Å²) < 4.78 is 0. The van der Waals surface area contributed by atoms with Crippen molar-refractivity contribution < 1.29 is 4.79 Å². The van der Waals surface area contributed by atoms with Crippen LogP contribution in [-0.4, -0.2) is 22.3 Å². The molecule has 0 bridgehead atoms. The Hall–Kier alpha value is -2.99. The Morgan fingerprint density at radius 3 is 2.61 bits per heavy atom. The quantitative estimate of drug-likeness (QED) is 0.572. The number of nitrogens with zero attached hydrogens (tertiary/aromatic N) is 2. The first-order chi connectivity index (χ1) is 11.2. The number of hydrazone groups is 1. The summed E-state index contributed by atoms with van der Waals surface area (Å²) >= 11 is 6.00. The fourth-order valence-electron chi connectivity index (χ4n) is 2.08. The van der Waals surface area contributed by atoms with Crippen LogP contribution >= 0.6 is 11.6 Å². The molecule has 0 fully saturated rings. The van der Waals surface area contributed by atoms with Crippen molar-refractivity contribution in [1.82, 2.24) is 15.6 Å². The van der Waals surface area contributed by atoms with Crippen LogP contribution in [0.15, 0.2) is 58.4 Å². The maximum absolute atomic E-state index is 12.2. The summed E-state index contributed by atoms with van der Waals surface area (Å²) in [6.07, 6.45) is 1.44. The predicted molar refractivity (Wildman–Crippen MR) is 88.9 cm³/mol. The number of carbonyl (C=O) groups is 1. The normalized spacial score (nSPS) is 11.0. The molecule has 3 rings (SSSR count). The molecule has 0 saturated carbocycles. The zero-order valence-corrected chi connectivity index (χ0v) is 12.5. The van der Waals surface area contributed by atoms with Crippen molar-refractivity contribution in [2.24, 2.45) is 5.10 Å². The first-order valence-corrected chi connectivity index (χ1v) is 7.10. The van der Waals surface area contributed by atoms with E-state index in [9.17, 15) is 9.59 Å². The van der Waals surface area contributed by atoms with Gasteiger partial charge in [0.1, 0.15) is 0 Å². The molecule has 6 nitrogen and oxygen atoms in total. The van der Waals surface area contributed by atoms with E-state index in [1.165, 1.54) is 6.21 Å². The van der Waals surface area contributed by atoms with Crippen LogP contribution in [0, 0.1) is 0 Å². The number of fused-ring (bicyclic) bond motifs is 1. The van der Waals surface area contributed by atoms with E-state index in [1.807, 2.05) is 6.07 Å². The van der Waals surface area contributed by atoms with E-state index in [2.05, 4.69) is 20.7 Å². The SMILES string of the molecule is O=C(N/N=C\c1ccccc1Cl)c1n[nH]c(=O)c2ccccc12. The number of aromatic nitrogens is 2. The van der Waals surface area contributed by atoms with Crippen molar-refractivity contribution in [3.63, 3.8) is 0 Å². The van der Waals surface area contributed by atoms with Crippen molar-refractivity contribution >= 4 is 34.5 Å². The molecular weight excluding hydrogens is 316 g/mol. The molecule has 1 heterocycles. The van der Waals surface area contributed by atoms with E-state index in [1.54, 1.807) is 42.5 Å². The van der Waals surface area contributed by atoms with Gasteiger partial charge in [-0.05, 0) is 12.1 Å². The van der Waals surface area contributed by atoms with Gasteiger partial charge in [0.15, 0.2) is 5.69 Å². The summed E-state index contributed by atoms with van der Waals surface area (Å²) in [6, 6.07) is 13.8. The van der Waals surface area contributed by atoms with Gasteiger partial charge in [-0.1, -0.05) is 48.0 Å². The molecule has 0 atom stereocenters. The lowest BCUT2D eigenvalue weighted by Gasteiger charge is -2.03. The number of H-pyrrole nitrogens is 1. The van der Waals surface area contributed by atoms with E-state index < -0.39 is 5.91 Å². The van der Waals surface area contributed by atoms with Crippen molar-refractivity contribution in [3.05, 3.63) is 75.2 Å². The van der Waals surface area contributed by atoms with Crippen LogP contribution in [-0.2, 0) is 0 Å². The van der Waals surface area contributed by atoms with Gasteiger partial charge < -0.3 is 0 Å². The molecule has 23 heavy (non-hydrogen) atoms. The van der Waals surface area contributed by atoms with E-state index in [-0.39, 0.29) is 11.3 Å². The number of aromatic amines is 1. The van der Waals surface area contributed by atoms with Gasteiger partial charge in [-0.15, -0.1) is 0 Å². The predicted octanol–water partition coefficient (Wildman–Crippen LogP) is 2.34. The molecule has 2 aromatic carbocycles. The second kappa shape index (κ2) is 6.41. The number of carbonyl (C=O) groups excluding carboxylic acids is 1. The molecule has 0 aliphatic carbocycles. The van der Waals surface area contributed by atoms with Crippen LogP contribution in [0.25, 0.3) is 10.8 Å². The van der Waals surface area contributed by atoms with Gasteiger partial charge in [-0.3, -0.25) is 9.59 Å². The highest BCUT2D eigenvalue weighted by Gasteiger charge is 2.13. The summed E-state index contributed by atoms with van der Waals surface area (Å²) in [5.74, 6) is -0.527. The molecule has 2 N–H and O–H groups in total. The van der Waals surface area contributed by atoms with Gasteiger partial charge in [0.2, 0.25) is 0 Å². The summed E-state index contributed by atoms with van der Waals surface area (Å²) in [5, 5.41) is 11.3. The Balaban J connectivity index is 1.86. The number of rotatable bonds is 3. The minimum absolute atomic E-state index is 0.0940. The lowest BCUT2D eigenvalue weighted by Crippen LogP contribution is -2.22. The van der Waals surface area contributed by atoms with Gasteiger partial charge in [0, 0.05) is 16.0 Å². The van der Waals surface area contributed by atoms with Gasteiger partial charge >= 0.3 is 0 Å². The Labute approximate surface area is 135 Å². The molecule has 0 spiro atoms. The molecule has 0 radical (unpaired) electrons. The Morgan fingerprint density at radius 1 is 1.13 bits per heavy atom. The van der Waals surface area contributed by atoms with Crippen LogP contribution in [0.3, 0.4) is 0 Å². The van der Waals surface area contributed by atoms with Crippen LogP contribution in [0.5, 0.6) is 0 Å². The maximum atomic E-state index is 12.2. The third-order valence-electron chi connectivity index (χ3n) is 3.19. The molecule has 114 valence electrons. The van der Waals surface area contributed by atoms with Gasteiger partial charge in [0.05, 0.1) is 11.6 Å². The molecule has 0 aliphatic heterocycles. The molecule has 1 amide bonds. The van der Waals surface area contributed by atoms with Gasteiger partial charge in [-0.2, -0.15) is 10.2 Å². The van der Waals surface area contributed by atoms with Crippen LogP contribution < -0.4 is 11.0 Å². The Bertz CT molecular complexity index is 965. The highest BCUT2D eigenvalue weighted by Crippen LogP contribution is 2.13. The summed E-state index contributed by atoms with van der Waals surface area (Å²) in [4.78, 5) is 23.9. The summed E-state index contributed by atoms with van der Waals surface area (Å²) in [7, 11) is 0. The first-order valence-electron chi connectivity index (χ1n) is 6.72. The average Bonchev–Trinajstić information content (AvgIpc) is 2.57. The molecule has 3 aromatic rings. The second-order valence-corrected chi connectivity index (χ2v) is 5.07. The number of hydrogen-bond acceptors (Lipinski definition) is 4. The van der Waals surface area contributed by atoms with E-state index in [0.29, 0.717) is 21.4 Å². The van der Waals surface area contributed by atoms with Crippen molar-refractivity contribution in [2.75, 3.05) is 0 Å². The van der Waals surface area contributed by atoms with Crippen LogP contribution in [0.1, 0.15) is 16.1 Å².